The van der Waals surface area contributed by atoms with Gasteiger partial charge in [0.2, 0.25) is 0 Å². The van der Waals surface area contributed by atoms with Gasteiger partial charge in [-0.3, -0.25) is 0 Å². The van der Waals surface area contributed by atoms with Crippen LogP contribution in [0.3, 0.4) is 0 Å². The number of carbonyl (C=O) groups excluding carboxylic acids is 1. The van der Waals surface area contributed by atoms with Crippen LogP contribution >= 0.6 is 0 Å². The van der Waals surface area contributed by atoms with Gasteiger partial charge in [0.25, 0.3) is 0 Å². The zero-order chi connectivity index (χ0) is 16.6. The normalized spacial score (nSPS) is 24.3. The number of amides is 2. The molecule has 2 fully saturated rings. The lowest BCUT2D eigenvalue weighted by atomic mass is 9.85. The molecule has 126 valence electrons. The Hall–Kier alpha value is -1.63. The summed E-state index contributed by atoms with van der Waals surface area (Å²) >= 11 is 0. The van der Waals surface area contributed by atoms with Gasteiger partial charge < -0.3 is 10.2 Å². The Labute approximate surface area is 135 Å². The molecule has 2 aliphatic rings. The van der Waals surface area contributed by atoms with E-state index < -0.39 is 15.7 Å². The average Bonchev–Trinajstić information content (AvgIpc) is 2.90. The molecule has 1 aliphatic heterocycles. The highest BCUT2D eigenvalue weighted by atomic mass is 32.2. The highest BCUT2D eigenvalue weighted by Crippen LogP contribution is 2.36. The molecule has 1 heterocycles. The summed E-state index contributed by atoms with van der Waals surface area (Å²) in [4.78, 5) is 13.9. The van der Waals surface area contributed by atoms with Crippen molar-refractivity contribution in [2.75, 3.05) is 18.1 Å². The van der Waals surface area contributed by atoms with E-state index in [0.29, 0.717) is 5.92 Å². The van der Waals surface area contributed by atoms with Gasteiger partial charge in [0.05, 0.1) is 0 Å². The number of benzene rings is 1. The average molecular weight is 340 g/mol. The zero-order valence-corrected chi connectivity index (χ0v) is 13.9. The second kappa shape index (κ2) is 6.11. The molecule has 2 atom stereocenters. The van der Waals surface area contributed by atoms with E-state index in [0.717, 1.165) is 38.1 Å². The second-order valence-electron chi connectivity index (χ2n) is 6.44. The van der Waals surface area contributed by atoms with E-state index in [4.69, 9.17) is 0 Å². The molecule has 2 amide bonds. The Bertz CT molecular complexity index is 720. The van der Waals surface area contributed by atoms with Crippen molar-refractivity contribution in [2.24, 2.45) is 5.92 Å². The van der Waals surface area contributed by atoms with Crippen LogP contribution in [0.15, 0.2) is 23.1 Å². The molecular formula is C16H21FN2O3S. The van der Waals surface area contributed by atoms with Crippen molar-refractivity contribution < 1.29 is 17.6 Å². The number of likely N-dealkylation sites (tertiary alicyclic amines) is 1. The molecule has 5 nitrogen and oxygen atoms in total. The molecule has 3 rings (SSSR count). The Morgan fingerprint density at radius 2 is 2.00 bits per heavy atom. The van der Waals surface area contributed by atoms with Crippen LogP contribution in [0.25, 0.3) is 0 Å². The Morgan fingerprint density at radius 3 is 2.70 bits per heavy atom. The van der Waals surface area contributed by atoms with Crippen molar-refractivity contribution in [3.63, 3.8) is 0 Å². The first-order chi connectivity index (χ1) is 10.9. The van der Waals surface area contributed by atoms with Gasteiger partial charge in [-0.15, -0.1) is 0 Å². The van der Waals surface area contributed by atoms with E-state index in [1.165, 1.54) is 25.0 Å². The van der Waals surface area contributed by atoms with Crippen LogP contribution in [0, 0.1) is 11.7 Å². The number of hydrogen-bond acceptors (Lipinski definition) is 3. The molecule has 1 aromatic carbocycles. The number of anilines is 1. The largest absolute Gasteiger partial charge is 0.322 e. The van der Waals surface area contributed by atoms with Gasteiger partial charge in [0.15, 0.2) is 9.84 Å². The lowest BCUT2D eigenvalue weighted by Crippen LogP contribution is -2.41. The van der Waals surface area contributed by atoms with Crippen molar-refractivity contribution in [3.05, 3.63) is 24.0 Å². The summed E-state index contributed by atoms with van der Waals surface area (Å²) in [5, 5.41) is 2.69. The number of carbonyl (C=O) groups is 1. The van der Waals surface area contributed by atoms with Crippen molar-refractivity contribution in [1.29, 1.82) is 0 Å². The molecule has 0 spiro atoms. The lowest BCUT2D eigenvalue weighted by molar-refractivity contribution is 0.182. The monoisotopic (exact) mass is 340 g/mol. The van der Waals surface area contributed by atoms with Crippen LogP contribution < -0.4 is 5.32 Å². The molecule has 1 aromatic rings. The van der Waals surface area contributed by atoms with E-state index in [-0.39, 0.29) is 22.7 Å². The fraction of sp³-hybridized carbons (Fsp3) is 0.562. The first kappa shape index (κ1) is 16.2. The minimum absolute atomic E-state index is 0.231. The summed E-state index contributed by atoms with van der Waals surface area (Å²) in [6.07, 6.45) is 6.56. The number of fused-ring (bicyclic) bond motifs is 1. The standard InChI is InChI=1S/C16H21FN2O3S/c1-23(21,22)15-7-6-12(10-13(15)17)18-16(20)19-9-8-11-4-2-3-5-14(11)19/h6-7,10-11,14H,2-5,8-9H2,1H3,(H,18,20)/t11-,14+/m1/s1. The topological polar surface area (TPSA) is 66.5 Å². The van der Waals surface area contributed by atoms with E-state index in [1.807, 2.05) is 4.90 Å². The van der Waals surface area contributed by atoms with Gasteiger partial charge in [-0.05, 0) is 43.4 Å². The fourth-order valence-electron chi connectivity index (χ4n) is 3.73. The summed E-state index contributed by atoms with van der Waals surface area (Å²) < 4.78 is 36.7. The Morgan fingerprint density at radius 1 is 1.26 bits per heavy atom. The molecule has 0 radical (unpaired) electrons. The van der Waals surface area contributed by atoms with Crippen LogP contribution in [-0.4, -0.2) is 38.2 Å². The second-order valence-corrected chi connectivity index (χ2v) is 8.43. The van der Waals surface area contributed by atoms with Crippen LogP contribution in [0.5, 0.6) is 0 Å². The molecular weight excluding hydrogens is 319 g/mol. The first-order valence-corrected chi connectivity index (χ1v) is 9.82. The number of halogens is 1. The third-order valence-electron chi connectivity index (χ3n) is 4.85. The van der Waals surface area contributed by atoms with E-state index in [2.05, 4.69) is 5.32 Å². The number of hydrogen-bond donors (Lipinski definition) is 1. The van der Waals surface area contributed by atoms with E-state index in [1.54, 1.807) is 0 Å². The maximum atomic E-state index is 13.9. The molecule has 7 heteroatoms. The maximum absolute atomic E-state index is 13.9. The lowest BCUT2D eigenvalue weighted by Gasteiger charge is -2.31. The molecule has 0 unspecified atom stereocenters. The van der Waals surface area contributed by atoms with E-state index in [9.17, 15) is 17.6 Å². The predicted octanol–water partition coefficient (Wildman–Crippen LogP) is 3.03. The van der Waals surface area contributed by atoms with Crippen LogP contribution in [0.4, 0.5) is 14.9 Å². The zero-order valence-electron chi connectivity index (χ0n) is 13.1. The number of nitrogens with one attached hydrogen (secondary N) is 1. The van der Waals surface area contributed by atoms with Crippen molar-refractivity contribution >= 4 is 21.6 Å². The quantitative estimate of drug-likeness (QED) is 0.900. The Kier molecular flexibility index (Phi) is 4.31. The van der Waals surface area contributed by atoms with Crippen molar-refractivity contribution in [3.8, 4) is 0 Å². The summed E-state index contributed by atoms with van der Waals surface area (Å²) in [6.45, 7) is 0.727. The van der Waals surface area contributed by atoms with Crippen LogP contribution in [0.1, 0.15) is 32.1 Å². The molecule has 0 bridgehead atoms. The maximum Gasteiger partial charge on any atom is 0.322 e. The van der Waals surface area contributed by atoms with E-state index >= 15 is 0 Å². The number of nitrogens with zero attached hydrogens (tertiary/aromatic N) is 1. The van der Waals surface area contributed by atoms with Gasteiger partial charge in [-0.2, -0.15) is 0 Å². The van der Waals surface area contributed by atoms with Gasteiger partial charge in [-0.25, -0.2) is 17.6 Å². The molecule has 1 N–H and O–H groups in total. The molecule has 1 saturated carbocycles. The van der Waals surface area contributed by atoms with Crippen molar-refractivity contribution in [1.82, 2.24) is 4.90 Å². The predicted molar refractivity (Wildman–Crippen MR) is 85.6 cm³/mol. The Balaban J connectivity index is 1.72. The molecule has 1 saturated heterocycles. The minimum atomic E-state index is -3.61. The summed E-state index contributed by atoms with van der Waals surface area (Å²) in [7, 11) is -3.61. The summed E-state index contributed by atoms with van der Waals surface area (Å²) in [5.41, 5.74) is 0.277. The van der Waals surface area contributed by atoms with Crippen LogP contribution in [0.2, 0.25) is 0 Å². The highest BCUT2D eigenvalue weighted by molar-refractivity contribution is 7.90. The molecule has 0 aromatic heterocycles. The van der Waals surface area contributed by atoms with Gasteiger partial charge in [0.1, 0.15) is 10.7 Å². The smallest absolute Gasteiger partial charge is 0.321 e. The number of urea groups is 1. The highest BCUT2D eigenvalue weighted by Gasteiger charge is 2.38. The fourth-order valence-corrected chi connectivity index (χ4v) is 4.46. The SMILES string of the molecule is CS(=O)(=O)c1ccc(NC(=O)N2CC[C@H]3CCCC[C@@H]32)cc1F. The first-order valence-electron chi connectivity index (χ1n) is 7.93. The van der Waals surface area contributed by atoms with Gasteiger partial charge >= 0.3 is 6.03 Å². The number of sulfone groups is 1. The summed E-state index contributed by atoms with van der Waals surface area (Å²) in [5.74, 6) is -0.263. The molecule has 1 aliphatic carbocycles. The summed E-state index contributed by atoms with van der Waals surface area (Å²) in [6, 6.07) is 3.72. The van der Waals surface area contributed by atoms with Gasteiger partial charge in [0, 0.05) is 24.5 Å². The third-order valence-corrected chi connectivity index (χ3v) is 5.98. The number of rotatable bonds is 2. The molecule has 23 heavy (non-hydrogen) atoms. The minimum Gasteiger partial charge on any atom is -0.321 e. The van der Waals surface area contributed by atoms with Crippen LogP contribution in [-0.2, 0) is 9.84 Å². The van der Waals surface area contributed by atoms with Gasteiger partial charge in [-0.1, -0.05) is 12.8 Å². The van der Waals surface area contributed by atoms with Crippen molar-refractivity contribution in [2.45, 2.75) is 43.0 Å². The third kappa shape index (κ3) is 3.34.